The summed E-state index contributed by atoms with van der Waals surface area (Å²) in [5.41, 5.74) is 1.22. The van der Waals surface area contributed by atoms with E-state index in [0.29, 0.717) is 24.3 Å². The molecule has 0 spiro atoms. The second kappa shape index (κ2) is 7.26. The van der Waals surface area contributed by atoms with Crippen LogP contribution in [-0.4, -0.2) is 51.4 Å². The molecule has 0 bridgehead atoms. The van der Waals surface area contributed by atoms with Crippen LogP contribution in [-0.2, 0) is 4.74 Å². The third-order valence-electron chi connectivity index (χ3n) is 4.18. The lowest BCUT2D eigenvalue weighted by atomic mass is 10.0. The molecule has 0 radical (unpaired) electrons. The summed E-state index contributed by atoms with van der Waals surface area (Å²) in [4.78, 5) is 18.7. The molecular weight excluding hydrogens is 330 g/mol. The SMILES string of the molecule is CC(C)c1c(C(=O)N2CC[C@H](OC(F)F)C2)cnn1-c1ccccn1. The van der Waals surface area contributed by atoms with Crippen LogP contribution in [0.4, 0.5) is 8.78 Å². The van der Waals surface area contributed by atoms with Crippen LogP contribution in [0, 0.1) is 0 Å². The molecule has 2 aromatic rings. The maximum Gasteiger partial charge on any atom is 0.345 e. The van der Waals surface area contributed by atoms with E-state index in [0.717, 1.165) is 5.69 Å². The van der Waals surface area contributed by atoms with Gasteiger partial charge >= 0.3 is 6.61 Å². The number of likely N-dealkylation sites (tertiary alicyclic amines) is 1. The first-order chi connectivity index (χ1) is 12.0. The van der Waals surface area contributed by atoms with Crippen LogP contribution in [0.2, 0.25) is 0 Å². The van der Waals surface area contributed by atoms with E-state index in [2.05, 4.69) is 14.8 Å². The number of alkyl halides is 2. The predicted octanol–water partition coefficient (Wildman–Crippen LogP) is 2.84. The van der Waals surface area contributed by atoms with Crippen molar-refractivity contribution in [1.29, 1.82) is 0 Å². The number of nitrogens with zero attached hydrogens (tertiary/aromatic N) is 4. The van der Waals surface area contributed by atoms with Crippen molar-refractivity contribution in [3.05, 3.63) is 41.9 Å². The highest BCUT2D eigenvalue weighted by molar-refractivity contribution is 5.95. The summed E-state index contributed by atoms with van der Waals surface area (Å²) in [5, 5.41) is 4.32. The number of aromatic nitrogens is 3. The van der Waals surface area contributed by atoms with Crippen molar-refractivity contribution >= 4 is 5.91 Å². The third-order valence-corrected chi connectivity index (χ3v) is 4.18. The van der Waals surface area contributed by atoms with Crippen LogP contribution < -0.4 is 0 Å². The topological polar surface area (TPSA) is 60.3 Å². The molecule has 1 saturated heterocycles. The van der Waals surface area contributed by atoms with E-state index >= 15 is 0 Å². The van der Waals surface area contributed by atoms with Gasteiger partial charge in [0.25, 0.3) is 5.91 Å². The monoisotopic (exact) mass is 350 g/mol. The molecule has 0 N–H and O–H groups in total. The normalized spacial score (nSPS) is 17.7. The summed E-state index contributed by atoms with van der Waals surface area (Å²) in [5.74, 6) is 0.455. The van der Waals surface area contributed by atoms with E-state index in [1.54, 1.807) is 15.8 Å². The Labute approximate surface area is 144 Å². The Bertz CT molecular complexity index is 734. The zero-order valence-electron chi connectivity index (χ0n) is 14.1. The van der Waals surface area contributed by atoms with Crippen LogP contribution in [0.5, 0.6) is 0 Å². The van der Waals surface area contributed by atoms with Gasteiger partial charge in [-0.05, 0) is 24.5 Å². The first-order valence-corrected chi connectivity index (χ1v) is 8.19. The molecule has 0 saturated carbocycles. The van der Waals surface area contributed by atoms with Gasteiger partial charge in [-0.3, -0.25) is 4.79 Å². The standard InChI is InChI=1S/C17H20F2N4O2/c1-11(2)15-13(9-21-23(15)14-5-3-4-7-20-14)16(24)22-8-6-12(10-22)25-17(18)19/h3-5,7,9,11-12,17H,6,8,10H2,1-2H3/t12-/m0/s1. The molecule has 1 aliphatic rings. The fourth-order valence-electron chi connectivity index (χ4n) is 3.08. The molecule has 0 aliphatic carbocycles. The maximum atomic E-state index is 12.9. The molecule has 3 rings (SSSR count). The van der Waals surface area contributed by atoms with Crippen molar-refractivity contribution in [3.8, 4) is 5.82 Å². The molecule has 1 atom stereocenters. The molecule has 25 heavy (non-hydrogen) atoms. The van der Waals surface area contributed by atoms with Crippen LogP contribution >= 0.6 is 0 Å². The van der Waals surface area contributed by atoms with Crippen LogP contribution in [0.15, 0.2) is 30.6 Å². The third kappa shape index (κ3) is 3.68. The molecule has 0 unspecified atom stereocenters. The highest BCUT2D eigenvalue weighted by atomic mass is 19.3. The van der Waals surface area contributed by atoms with Gasteiger partial charge in [0.05, 0.1) is 23.6 Å². The highest BCUT2D eigenvalue weighted by Gasteiger charge is 2.32. The molecule has 6 nitrogen and oxygen atoms in total. The molecular formula is C17H20F2N4O2. The Balaban J connectivity index is 1.85. The molecule has 0 aromatic carbocycles. The zero-order valence-corrected chi connectivity index (χ0v) is 14.1. The van der Waals surface area contributed by atoms with Crippen molar-refractivity contribution < 1.29 is 18.3 Å². The fourth-order valence-corrected chi connectivity index (χ4v) is 3.08. The fraction of sp³-hybridized carbons (Fsp3) is 0.471. The lowest BCUT2D eigenvalue weighted by molar-refractivity contribution is -0.158. The van der Waals surface area contributed by atoms with Gasteiger partial charge in [-0.25, -0.2) is 9.67 Å². The number of ether oxygens (including phenoxy) is 1. The van der Waals surface area contributed by atoms with Crippen molar-refractivity contribution in [3.63, 3.8) is 0 Å². The average Bonchev–Trinajstić information content (AvgIpc) is 3.21. The Morgan fingerprint density at radius 2 is 2.16 bits per heavy atom. The lowest BCUT2D eigenvalue weighted by Gasteiger charge is -2.18. The minimum absolute atomic E-state index is 0.0409. The van der Waals surface area contributed by atoms with Gasteiger partial charge in [-0.15, -0.1) is 0 Å². The van der Waals surface area contributed by atoms with Gasteiger partial charge in [0.15, 0.2) is 5.82 Å². The van der Waals surface area contributed by atoms with E-state index in [1.165, 1.54) is 6.20 Å². The number of hydrogen-bond donors (Lipinski definition) is 0. The number of halogens is 2. The van der Waals surface area contributed by atoms with Crippen LogP contribution in [0.3, 0.4) is 0 Å². The Morgan fingerprint density at radius 3 is 2.80 bits per heavy atom. The molecule has 3 heterocycles. The highest BCUT2D eigenvalue weighted by Crippen LogP contribution is 2.25. The van der Waals surface area contributed by atoms with E-state index in [4.69, 9.17) is 0 Å². The van der Waals surface area contributed by atoms with E-state index in [1.807, 2.05) is 32.0 Å². The second-order valence-corrected chi connectivity index (χ2v) is 6.26. The summed E-state index contributed by atoms with van der Waals surface area (Å²) in [6, 6.07) is 5.47. The first kappa shape index (κ1) is 17.5. The van der Waals surface area contributed by atoms with Gasteiger partial charge in [0.2, 0.25) is 0 Å². The quantitative estimate of drug-likeness (QED) is 0.832. The van der Waals surface area contributed by atoms with Gasteiger partial charge in [0.1, 0.15) is 0 Å². The van der Waals surface area contributed by atoms with Crippen molar-refractivity contribution in [2.75, 3.05) is 13.1 Å². The average molecular weight is 350 g/mol. The smallest absolute Gasteiger partial charge is 0.336 e. The van der Waals surface area contributed by atoms with Crippen molar-refractivity contribution in [2.24, 2.45) is 0 Å². The molecule has 1 amide bonds. The zero-order chi connectivity index (χ0) is 18.0. The van der Waals surface area contributed by atoms with Crippen LogP contribution in [0.25, 0.3) is 5.82 Å². The summed E-state index contributed by atoms with van der Waals surface area (Å²) >= 11 is 0. The van der Waals surface area contributed by atoms with Crippen molar-refractivity contribution in [1.82, 2.24) is 19.7 Å². The summed E-state index contributed by atoms with van der Waals surface area (Å²) in [6.07, 6.45) is 2.96. The van der Waals surface area contributed by atoms with Crippen molar-refractivity contribution in [2.45, 2.75) is 38.9 Å². The Morgan fingerprint density at radius 1 is 1.36 bits per heavy atom. The number of pyridine rings is 1. The first-order valence-electron chi connectivity index (χ1n) is 8.19. The predicted molar refractivity (Wildman–Crippen MR) is 86.8 cm³/mol. The van der Waals surface area contributed by atoms with Gasteiger partial charge in [-0.1, -0.05) is 19.9 Å². The van der Waals surface area contributed by atoms with Crippen LogP contribution in [0.1, 0.15) is 42.2 Å². The van der Waals surface area contributed by atoms with Gasteiger partial charge < -0.3 is 9.64 Å². The van der Waals surface area contributed by atoms with E-state index in [-0.39, 0.29) is 18.4 Å². The summed E-state index contributed by atoms with van der Waals surface area (Å²) in [6.45, 7) is 1.68. The molecule has 134 valence electrons. The number of carbonyl (C=O) groups excluding carboxylic acids is 1. The molecule has 1 fully saturated rings. The molecule has 1 aliphatic heterocycles. The molecule has 8 heteroatoms. The van der Waals surface area contributed by atoms with Gasteiger partial charge in [-0.2, -0.15) is 13.9 Å². The number of carbonyl (C=O) groups is 1. The molecule has 2 aromatic heterocycles. The van der Waals surface area contributed by atoms with E-state index in [9.17, 15) is 13.6 Å². The lowest BCUT2D eigenvalue weighted by Crippen LogP contribution is -2.31. The minimum atomic E-state index is -2.82. The Hall–Kier alpha value is -2.35. The maximum absolute atomic E-state index is 12.9. The largest absolute Gasteiger partial charge is 0.345 e. The number of amides is 1. The Kier molecular flexibility index (Phi) is 5.08. The number of rotatable bonds is 5. The summed E-state index contributed by atoms with van der Waals surface area (Å²) < 4.78 is 30.9. The van der Waals surface area contributed by atoms with E-state index < -0.39 is 12.7 Å². The summed E-state index contributed by atoms with van der Waals surface area (Å²) in [7, 11) is 0. The second-order valence-electron chi connectivity index (χ2n) is 6.26. The number of hydrogen-bond acceptors (Lipinski definition) is 4. The van der Waals surface area contributed by atoms with Gasteiger partial charge in [0, 0.05) is 19.3 Å². The minimum Gasteiger partial charge on any atom is -0.336 e.